The molecule has 7 fully saturated rings. The Morgan fingerprint density at radius 2 is 1.20 bits per heavy atom. The number of aryl methyl sites for hydroxylation is 1. The van der Waals surface area contributed by atoms with Crippen LogP contribution in [0.2, 0.25) is 0 Å². The van der Waals surface area contributed by atoms with Gasteiger partial charge in [-0.2, -0.15) is 0 Å². The van der Waals surface area contributed by atoms with E-state index in [-0.39, 0.29) is 59.9 Å². The number of carbonyl (C=O) groups is 5. The number of hydrogen-bond donors (Lipinski definition) is 7. The molecular weight excluding hydrogens is 1110 g/mol. The maximum atomic E-state index is 13.7. The second-order valence-corrected chi connectivity index (χ2v) is 26.7. The van der Waals surface area contributed by atoms with Crippen molar-refractivity contribution >= 4 is 35.1 Å². The minimum atomic E-state index is -2.05. The van der Waals surface area contributed by atoms with Crippen LogP contribution in [0.5, 0.6) is 11.5 Å². The zero-order valence-corrected chi connectivity index (χ0v) is 50.1. The van der Waals surface area contributed by atoms with Crippen LogP contribution >= 0.6 is 0 Å². The fraction of sp³-hybridized carbons (Fsp3) is 0.479. The van der Waals surface area contributed by atoms with Crippen molar-refractivity contribution in [1.29, 1.82) is 0 Å². The van der Waals surface area contributed by atoms with Crippen molar-refractivity contribution in [3.05, 3.63) is 172 Å². The Kier molecular flexibility index (Phi) is 16.8. The maximum absolute atomic E-state index is 13.7. The van der Waals surface area contributed by atoms with Gasteiger partial charge in [-0.15, -0.1) is 0 Å². The van der Waals surface area contributed by atoms with E-state index >= 15 is 0 Å². The Labute approximate surface area is 507 Å². The van der Waals surface area contributed by atoms with Crippen molar-refractivity contribution in [3.8, 4) is 11.5 Å². The van der Waals surface area contributed by atoms with E-state index in [0.717, 1.165) is 65.6 Å². The first-order chi connectivity index (χ1) is 41.5. The van der Waals surface area contributed by atoms with Gasteiger partial charge in [0, 0.05) is 50.3 Å². The monoisotopic (exact) mass is 1190 g/mol. The average molecular weight is 1190 g/mol. The van der Waals surface area contributed by atoms with Gasteiger partial charge in [0.2, 0.25) is 0 Å². The fourth-order valence-corrected chi connectivity index (χ4v) is 18.0. The van der Waals surface area contributed by atoms with Gasteiger partial charge >= 0.3 is 0 Å². The molecule has 4 aromatic carbocycles. The van der Waals surface area contributed by atoms with Crippen LogP contribution in [-0.4, -0.2) is 109 Å². The summed E-state index contributed by atoms with van der Waals surface area (Å²) in [5.74, 6) is 0.0465. The summed E-state index contributed by atoms with van der Waals surface area (Å²) in [6.45, 7) is 9.45. The molecule has 87 heavy (non-hydrogen) atoms. The number of aliphatic hydroxyl groups is 6. The number of ether oxygens (including phenoxy) is 4. The van der Waals surface area contributed by atoms with E-state index in [1.165, 1.54) is 5.56 Å². The van der Waals surface area contributed by atoms with Gasteiger partial charge in [0.1, 0.15) is 44.2 Å². The number of aldehydes is 1. The van der Waals surface area contributed by atoms with Crippen LogP contribution in [0.15, 0.2) is 145 Å². The largest absolute Gasteiger partial charge is 0.489 e. The molecule has 16 heteroatoms. The van der Waals surface area contributed by atoms with Gasteiger partial charge in [-0.05, 0) is 166 Å². The van der Waals surface area contributed by atoms with Gasteiger partial charge in [0.15, 0.2) is 40.6 Å². The van der Waals surface area contributed by atoms with Crippen LogP contribution in [0.4, 0.5) is 5.69 Å². The quantitative estimate of drug-likeness (QED) is 0.0519. The number of anilines is 1. The van der Waals surface area contributed by atoms with Gasteiger partial charge in [-0.1, -0.05) is 105 Å². The molecular formula is C71H81NO15. The lowest BCUT2D eigenvalue weighted by Gasteiger charge is -2.59. The lowest BCUT2D eigenvalue weighted by molar-refractivity contribution is -0.201. The first-order valence-electron chi connectivity index (χ1n) is 30.5. The average Bonchev–Trinajstić information content (AvgIpc) is 1.57. The molecule has 1 heterocycles. The predicted octanol–water partition coefficient (Wildman–Crippen LogP) is 8.37. The van der Waals surface area contributed by atoms with Gasteiger partial charge < -0.3 is 55.3 Å². The minimum absolute atomic E-state index is 0.00206. The summed E-state index contributed by atoms with van der Waals surface area (Å²) in [6.07, 6.45) is 11.6. The number of hydrogen-bond acceptors (Lipinski definition) is 16. The first-order valence-corrected chi connectivity index (χ1v) is 30.5. The third kappa shape index (κ3) is 10.5. The highest BCUT2D eigenvalue weighted by atomic mass is 16.7. The Morgan fingerprint density at radius 3 is 1.72 bits per heavy atom. The molecule has 8 N–H and O–H groups in total. The summed E-state index contributed by atoms with van der Waals surface area (Å²) in [7, 11) is 0. The van der Waals surface area contributed by atoms with Crippen LogP contribution < -0.4 is 15.2 Å². The molecule has 16 nitrogen and oxygen atoms in total. The van der Waals surface area contributed by atoms with Gasteiger partial charge in [-0.3, -0.25) is 24.0 Å². The molecule has 13 rings (SSSR count). The zero-order valence-electron chi connectivity index (χ0n) is 50.1. The molecule has 9 aliphatic rings. The summed E-state index contributed by atoms with van der Waals surface area (Å²) in [5.41, 5.74) is 7.40. The number of rotatable bonds is 12. The Bertz CT molecular complexity index is 3440. The topological polar surface area (TPSA) is 270 Å². The van der Waals surface area contributed by atoms with Crippen molar-refractivity contribution in [2.75, 3.05) is 18.9 Å². The van der Waals surface area contributed by atoms with E-state index in [9.17, 15) is 54.6 Å². The second kappa shape index (κ2) is 23.7. The molecule has 0 spiro atoms. The fourth-order valence-electron chi connectivity index (χ4n) is 18.0. The number of benzene rings is 4. The molecule has 460 valence electrons. The van der Waals surface area contributed by atoms with Crippen molar-refractivity contribution in [2.24, 2.45) is 57.2 Å². The Balaban J connectivity index is 0.000000151. The van der Waals surface area contributed by atoms with Gasteiger partial charge in [0.25, 0.3) is 0 Å². The van der Waals surface area contributed by atoms with Crippen molar-refractivity contribution in [2.45, 2.75) is 141 Å². The smallest absolute Gasteiger partial charge is 0.193 e. The molecule has 0 bridgehead atoms. The molecule has 0 unspecified atom stereocenters. The number of fused-ring (bicyclic) bond motifs is 12. The number of Topliss-reactive ketones (excluding diaryl/α,β-unsaturated/α-hetero) is 2. The van der Waals surface area contributed by atoms with Gasteiger partial charge in [-0.25, -0.2) is 0 Å². The molecule has 1 aliphatic heterocycles. The third-order valence-corrected chi connectivity index (χ3v) is 22.1. The molecule has 6 saturated carbocycles. The van der Waals surface area contributed by atoms with E-state index in [2.05, 4.69) is 26.0 Å². The van der Waals surface area contributed by atoms with Crippen molar-refractivity contribution in [3.63, 3.8) is 0 Å². The lowest BCUT2D eigenvalue weighted by atomic mass is 9.46. The second-order valence-electron chi connectivity index (χ2n) is 26.7. The highest BCUT2D eigenvalue weighted by Gasteiger charge is 2.76. The molecule has 1 saturated heterocycles. The maximum Gasteiger partial charge on any atom is 0.193 e. The molecule has 4 aromatic rings. The standard InChI is InChI=1S/C35H39NO7.C21H28O6.C15H14O2/c1-33-13-12-24(38)15-22(33)8-11-26-27-16-30-35(29(40)18-37,34(27,2)17-28(39)31(26)33)43-32(42-30)21-6-9-25(10-7-21)41-19-20-4-3-5-23(36)14-20;1-19-6-5-12(23)7-11(19)3-4-13-14-8-16(25)21(27,17(26)10-22)20(14,2)9-15(24)18(13)19;1-12-3-2-4-14(9-12)11-17-15-7-5-13(10-16)6-8-15/h3-7,9-10,12-15,26-28,30-32,37,39H,8,11,16-19,36H2,1-2H3;5-7,13-16,18,22,24-25,27H,3-4,8-10H2,1-2H3;2-10H,11H2,1H3/t26-,27-,28-,30+,31+,32+,33-,34-,35+;13-,14-,15-,16+,18+,19-,20-,21-;/m00./s1. The summed E-state index contributed by atoms with van der Waals surface area (Å²) >= 11 is 0. The first kappa shape index (κ1) is 61.9. The number of nitrogen functional groups attached to an aromatic ring is 1. The minimum Gasteiger partial charge on any atom is -0.489 e. The highest BCUT2D eigenvalue weighted by molar-refractivity contribution is 6.02. The lowest BCUT2D eigenvalue weighted by Crippen LogP contribution is -2.63. The van der Waals surface area contributed by atoms with Crippen molar-refractivity contribution < 1.29 is 73.6 Å². The van der Waals surface area contributed by atoms with Crippen molar-refractivity contribution in [1.82, 2.24) is 0 Å². The van der Waals surface area contributed by atoms with Gasteiger partial charge in [0.05, 0.1) is 24.4 Å². The van der Waals surface area contributed by atoms with E-state index in [4.69, 9.17) is 24.7 Å². The molecule has 0 radical (unpaired) electrons. The summed E-state index contributed by atoms with van der Waals surface area (Å²) in [6, 6.07) is 30.3. The predicted molar refractivity (Wildman–Crippen MR) is 322 cm³/mol. The normalized spacial score (nSPS) is 37.3. The number of nitrogens with two attached hydrogens (primary N) is 1. The van der Waals surface area contributed by atoms with E-state index < -0.39 is 88.3 Å². The SMILES string of the molecule is C[C@]12C=CC(=O)C=C1CC[C@@H]1[C@@H]2[C@@H](O)C[C@@]2(C)[C@H]1C[C@@H](O)[C@]2(O)C(=O)CO.C[C@]12C=CC(=O)C=C1CC[C@@H]1[C@@H]2[C@@H](O)C[C@@]2(C)[C@H]1C[C@H]1O[C@@H](c3ccc(OCc4cccc(N)c4)cc3)O[C@]12C(=O)CO.Cc1cccc(COc2ccc(C=O)cc2)c1. The molecule has 0 amide bonds. The van der Waals surface area contributed by atoms with Crippen LogP contribution in [-0.2, 0) is 41.9 Å². The number of carbonyl (C=O) groups excluding carboxylic acids is 5. The molecule has 8 aliphatic carbocycles. The van der Waals surface area contributed by atoms with Crippen LogP contribution in [0, 0.1) is 64.1 Å². The Hall–Kier alpha value is -6.73. The summed E-state index contributed by atoms with van der Waals surface area (Å²) in [4.78, 5) is 60.6. The van der Waals surface area contributed by atoms with Crippen LogP contribution in [0.25, 0.3) is 0 Å². The number of aliphatic hydroxyl groups excluding tert-OH is 5. The van der Waals surface area contributed by atoms with E-state index in [0.29, 0.717) is 43.1 Å². The number of ketones is 4. The Morgan fingerprint density at radius 1 is 0.678 bits per heavy atom. The third-order valence-electron chi connectivity index (χ3n) is 22.1. The van der Waals surface area contributed by atoms with E-state index in [1.807, 2.05) is 86.7 Å². The van der Waals surface area contributed by atoms with E-state index in [1.54, 1.807) is 55.5 Å². The summed E-state index contributed by atoms with van der Waals surface area (Å²) in [5, 5.41) is 64.3. The molecule has 0 aromatic heterocycles. The summed E-state index contributed by atoms with van der Waals surface area (Å²) < 4.78 is 24.8. The number of allylic oxidation sites excluding steroid dienone is 8. The highest BCUT2D eigenvalue weighted by Crippen LogP contribution is 2.71. The van der Waals surface area contributed by atoms with Crippen LogP contribution in [0.1, 0.15) is 118 Å². The molecule has 17 atom stereocenters. The van der Waals surface area contributed by atoms with Crippen LogP contribution in [0.3, 0.4) is 0 Å². The zero-order chi connectivity index (χ0) is 62.0.